The molecule has 148 valence electrons. The van der Waals surface area contributed by atoms with Crippen LogP contribution in [0.1, 0.15) is 12.5 Å². The Bertz CT molecular complexity index is 1160. The van der Waals surface area contributed by atoms with Crippen LogP contribution in [0.3, 0.4) is 0 Å². The number of hydrogen-bond donors (Lipinski definition) is 2. The molecule has 6 nitrogen and oxygen atoms in total. The Hall–Kier alpha value is -3.25. The van der Waals surface area contributed by atoms with Gasteiger partial charge in [-0.1, -0.05) is 29.8 Å². The Morgan fingerprint density at radius 1 is 1.21 bits per heavy atom. The number of ether oxygens (including phenoxy) is 1. The summed E-state index contributed by atoms with van der Waals surface area (Å²) in [5.41, 5.74) is 3.79. The number of nitrogens with zero attached hydrogens (tertiary/aromatic N) is 2. The van der Waals surface area contributed by atoms with Crippen molar-refractivity contribution in [1.29, 1.82) is 0 Å². The molecule has 4 rings (SSSR count). The molecule has 0 aliphatic carbocycles. The van der Waals surface area contributed by atoms with Gasteiger partial charge < -0.3 is 14.6 Å². The summed E-state index contributed by atoms with van der Waals surface area (Å²) < 4.78 is 7.68. The smallest absolute Gasteiger partial charge is 0.229 e. The number of amides is 1. The molecule has 0 radical (unpaired) electrons. The standard InChI is InChI=1S/C22H21ClN4O2/c1-3-27-18-5-4-6-20(29-2)16(18)12-19(27)17-13-21(26-25-17)24-22(28)11-14-7-9-15(23)10-8-14/h4-10,12-13H,3,11H2,1-2H3,(H2,24,25,26,28). The van der Waals surface area contributed by atoms with Gasteiger partial charge in [-0.05, 0) is 42.8 Å². The predicted molar refractivity (Wildman–Crippen MR) is 116 cm³/mol. The number of carbonyl (C=O) groups excluding carboxylic acids is 1. The van der Waals surface area contributed by atoms with Crippen molar-refractivity contribution in [3.63, 3.8) is 0 Å². The van der Waals surface area contributed by atoms with E-state index in [9.17, 15) is 4.79 Å². The van der Waals surface area contributed by atoms with Gasteiger partial charge in [-0.3, -0.25) is 9.89 Å². The molecule has 4 aromatic rings. The van der Waals surface area contributed by atoms with Gasteiger partial charge in [-0.2, -0.15) is 5.10 Å². The van der Waals surface area contributed by atoms with E-state index < -0.39 is 0 Å². The lowest BCUT2D eigenvalue weighted by Crippen LogP contribution is -2.14. The summed E-state index contributed by atoms with van der Waals surface area (Å²) in [4.78, 5) is 12.3. The Morgan fingerprint density at radius 3 is 2.72 bits per heavy atom. The molecule has 7 heteroatoms. The van der Waals surface area contributed by atoms with Crippen LogP contribution < -0.4 is 10.1 Å². The molecule has 0 saturated heterocycles. The van der Waals surface area contributed by atoms with E-state index in [1.807, 2.05) is 30.3 Å². The normalized spacial score (nSPS) is 11.0. The van der Waals surface area contributed by atoms with Crippen LogP contribution in [0.5, 0.6) is 5.75 Å². The van der Waals surface area contributed by atoms with Crippen molar-refractivity contribution in [3.8, 4) is 17.1 Å². The first-order chi connectivity index (χ1) is 14.1. The third kappa shape index (κ3) is 3.84. The van der Waals surface area contributed by atoms with E-state index in [-0.39, 0.29) is 12.3 Å². The van der Waals surface area contributed by atoms with Crippen LogP contribution in [0.25, 0.3) is 22.3 Å². The van der Waals surface area contributed by atoms with Gasteiger partial charge in [0.15, 0.2) is 5.82 Å². The molecule has 2 heterocycles. The number of fused-ring (bicyclic) bond motifs is 1. The van der Waals surface area contributed by atoms with Crippen LogP contribution in [0.15, 0.2) is 54.6 Å². The molecular formula is C22H21ClN4O2. The Labute approximate surface area is 173 Å². The van der Waals surface area contributed by atoms with E-state index in [0.29, 0.717) is 10.8 Å². The fourth-order valence-electron chi connectivity index (χ4n) is 3.49. The second-order valence-corrected chi connectivity index (χ2v) is 7.12. The fourth-order valence-corrected chi connectivity index (χ4v) is 3.62. The van der Waals surface area contributed by atoms with Crippen LogP contribution in [-0.2, 0) is 17.8 Å². The molecule has 1 amide bonds. The third-order valence-electron chi connectivity index (χ3n) is 4.84. The van der Waals surface area contributed by atoms with Gasteiger partial charge >= 0.3 is 0 Å². The largest absolute Gasteiger partial charge is 0.496 e. The van der Waals surface area contributed by atoms with Gasteiger partial charge in [-0.15, -0.1) is 0 Å². The highest BCUT2D eigenvalue weighted by Crippen LogP contribution is 2.33. The lowest BCUT2D eigenvalue weighted by molar-refractivity contribution is -0.115. The Morgan fingerprint density at radius 2 is 2.00 bits per heavy atom. The maximum atomic E-state index is 12.3. The number of methoxy groups -OCH3 is 1. The van der Waals surface area contributed by atoms with Crippen molar-refractivity contribution in [2.45, 2.75) is 19.9 Å². The summed E-state index contributed by atoms with van der Waals surface area (Å²) in [6.45, 7) is 2.89. The zero-order valence-corrected chi connectivity index (χ0v) is 17.0. The number of H-pyrrole nitrogens is 1. The summed E-state index contributed by atoms with van der Waals surface area (Å²) in [6, 6.07) is 17.1. The first kappa shape index (κ1) is 19.1. The number of aromatic nitrogens is 3. The van der Waals surface area contributed by atoms with E-state index in [2.05, 4.69) is 39.1 Å². The van der Waals surface area contributed by atoms with Gasteiger partial charge in [-0.25, -0.2) is 0 Å². The number of benzene rings is 2. The SMILES string of the molecule is CCn1c(-c2cc(NC(=O)Cc3ccc(Cl)cc3)n[nH]2)cc2c(OC)cccc21. The molecule has 2 aromatic heterocycles. The van der Waals surface area contributed by atoms with Crippen molar-refractivity contribution < 1.29 is 9.53 Å². The zero-order chi connectivity index (χ0) is 20.4. The number of aromatic amines is 1. The minimum absolute atomic E-state index is 0.136. The molecule has 0 aliphatic heterocycles. The molecule has 2 N–H and O–H groups in total. The average molecular weight is 409 g/mol. The minimum Gasteiger partial charge on any atom is -0.496 e. The number of carbonyl (C=O) groups is 1. The summed E-state index contributed by atoms with van der Waals surface area (Å²) >= 11 is 5.89. The quantitative estimate of drug-likeness (QED) is 0.477. The van der Waals surface area contributed by atoms with Crippen molar-refractivity contribution >= 4 is 34.2 Å². The van der Waals surface area contributed by atoms with Crippen molar-refractivity contribution in [3.05, 3.63) is 65.2 Å². The maximum Gasteiger partial charge on any atom is 0.229 e. The lowest BCUT2D eigenvalue weighted by Gasteiger charge is -2.06. The highest BCUT2D eigenvalue weighted by Gasteiger charge is 2.15. The molecule has 29 heavy (non-hydrogen) atoms. The van der Waals surface area contributed by atoms with Crippen molar-refractivity contribution in [2.24, 2.45) is 0 Å². The molecule has 0 spiro atoms. The van der Waals surface area contributed by atoms with Crippen LogP contribution in [0, 0.1) is 0 Å². The van der Waals surface area contributed by atoms with Crippen molar-refractivity contribution in [2.75, 3.05) is 12.4 Å². The number of halogens is 1. The highest BCUT2D eigenvalue weighted by atomic mass is 35.5. The molecule has 0 unspecified atom stereocenters. The minimum atomic E-state index is -0.136. The molecule has 0 atom stereocenters. The number of aryl methyl sites for hydroxylation is 1. The Kier molecular flexibility index (Phi) is 5.27. The van der Waals surface area contributed by atoms with E-state index >= 15 is 0 Å². The highest BCUT2D eigenvalue weighted by molar-refractivity contribution is 6.30. The first-order valence-electron chi connectivity index (χ1n) is 9.35. The van der Waals surface area contributed by atoms with Gasteiger partial charge in [0.1, 0.15) is 5.75 Å². The summed E-state index contributed by atoms with van der Waals surface area (Å²) in [6.07, 6.45) is 0.256. The van der Waals surface area contributed by atoms with E-state index in [1.165, 1.54) is 0 Å². The van der Waals surface area contributed by atoms with E-state index in [0.717, 1.165) is 40.1 Å². The fraction of sp³-hybridized carbons (Fsp3) is 0.182. The second-order valence-electron chi connectivity index (χ2n) is 6.69. The van der Waals surface area contributed by atoms with Gasteiger partial charge in [0, 0.05) is 23.0 Å². The number of hydrogen-bond acceptors (Lipinski definition) is 3. The molecule has 0 bridgehead atoms. The predicted octanol–water partition coefficient (Wildman–Crippen LogP) is 4.89. The second kappa shape index (κ2) is 8.01. The van der Waals surface area contributed by atoms with Gasteiger partial charge in [0.25, 0.3) is 0 Å². The number of anilines is 1. The summed E-state index contributed by atoms with van der Waals surface area (Å²) in [7, 11) is 1.67. The monoisotopic (exact) mass is 408 g/mol. The lowest BCUT2D eigenvalue weighted by atomic mass is 10.1. The molecular weight excluding hydrogens is 388 g/mol. The molecule has 2 aromatic carbocycles. The molecule has 0 fully saturated rings. The van der Waals surface area contributed by atoms with Crippen LogP contribution in [0.2, 0.25) is 5.02 Å². The summed E-state index contributed by atoms with van der Waals surface area (Å²) in [5, 5.41) is 11.8. The Balaban J connectivity index is 1.57. The van der Waals surface area contributed by atoms with E-state index in [1.54, 1.807) is 19.2 Å². The van der Waals surface area contributed by atoms with Gasteiger partial charge in [0.2, 0.25) is 5.91 Å². The topological polar surface area (TPSA) is 71.9 Å². The van der Waals surface area contributed by atoms with Crippen molar-refractivity contribution in [1.82, 2.24) is 14.8 Å². The first-order valence-corrected chi connectivity index (χ1v) is 9.73. The van der Waals surface area contributed by atoms with Crippen LogP contribution >= 0.6 is 11.6 Å². The van der Waals surface area contributed by atoms with Crippen LogP contribution in [0.4, 0.5) is 5.82 Å². The summed E-state index contributed by atoms with van der Waals surface area (Å²) in [5.74, 6) is 1.17. The zero-order valence-electron chi connectivity index (χ0n) is 16.2. The van der Waals surface area contributed by atoms with Gasteiger partial charge in [0.05, 0.1) is 30.4 Å². The van der Waals surface area contributed by atoms with E-state index in [4.69, 9.17) is 16.3 Å². The average Bonchev–Trinajstić information content (AvgIpc) is 3.33. The molecule has 0 saturated carbocycles. The maximum absolute atomic E-state index is 12.3. The molecule has 0 aliphatic rings. The van der Waals surface area contributed by atoms with Crippen LogP contribution in [-0.4, -0.2) is 27.8 Å². The number of rotatable bonds is 6. The third-order valence-corrected chi connectivity index (χ3v) is 5.09. The number of nitrogens with one attached hydrogen (secondary N) is 2.